The van der Waals surface area contributed by atoms with Crippen molar-refractivity contribution in [1.29, 1.82) is 0 Å². The molecule has 44 heteroatoms. The van der Waals surface area contributed by atoms with Crippen LogP contribution >= 0.6 is 0 Å². The minimum atomic E-state index is -1.87. The van der Waals surface area contributed by atoms with Crippen molar-refractivity contribution in [3.63, 3.8) is 0 Å². The molecule has 0 spiro atoms. The maximum absolute atomic E-state index is 15.2. The summed E-state index contributed by atoms with van der Waals surface area (Å²) in [6.45, 7) is 1.42. The van der Waals surface area contributed by atoms with Gasteiger partial charge >= 0.3 is 0 Å². The summed E-state index contributed by atoms with van der Waals surface area (Å²) in [5.74, 6) is 15.3. The predicted molar refractivity (Wildman–Crippen MR) is 514 cm³/mol. The van der Waals surface area contributed by atoms with Gasteiger partial charge in [-0.15, -0.1) is 0 Å². The molecule has 8 aromatic heterocycles. The standard InChI is InChI=1S/4C26H25FN6O4/c4*1-31-8-6-26(37,25(31)36)5-3-13-11-17-16(12-18(13)27)14-9-15(10-14)33-21(20(23(28)35)30-24(17)33)22(34)19-4-7-29-32(19)2/h4*4,7,11-12,14-15,22,34,37H,6,8-10H2,1-2H3,(H2,28,35)/t2*14?,15?,22-,26+;2*14?,15?,22-,26-/m1010/s1. The lowest BCUT2D eigenvalue weighted by atomic mass is 9.75. The lowest BCUT2D eigenvalue weighted by Gasteiger charge is -2.36. The minimum absolute atomic E-state index is 0.00228. The van der Waals surface area contributed by atoms with E-state index in [-0.39, 0.29) is 141 Å². The van der Waals surface area contributed by atoms with E-state index in [9.17, 15) is 79.2 Å². The average Bonchev–Trinajstić information content (AvgIpc) is 1.56. The first-order valence-corrected chi connectivity index (χ1v) is 48.1. The van der Waals surface area contributed by atoms with Gasteiger partial charge in [0.25, 0.3) is 47.3 Å². The zero-order valence-electron chi connectivity index (χ0n) is 81.1. The number of hydrogen-bond acceptors (Lipinski definition) is 24. The first-order valence-electron chi connectivity index (χ1n) is 48.1. The van der Waals surface area contributed by atoms with Crippen LogP contribution in [0.1, 0.15) is 281 Å². The molecular weight excluding hydrogens is 1920 g/mol. The third-order valence-corrected chi connectivity index (χ3v) is 31.2. The van der Waals surface area contributed by atoms with Gasteiger partial charge in [-0.3, -0.25) is 57.1 Å². The highest BCUT2D eigenvalue weighted by molar-refractivity contribution is 5.98. The fourth-order valence-electron chi connectivity index (χ4n) is 22.6. The molecule has 8 amide bonds. The summed E-state index contributed by atoms with van der Waals surface area (Å²) in [7, 11) is 13.0. The molecule has 12 aromatic rings. The molecule has 40 nitrogen and oxygen atoms in total. The van der Waals surface area contributed by atoms with Gasteiger partial charge in [0.2, 0.25) is 22.4 Å². The minimum Gasteiger partial charge on any atom is -0.380 e. The molecule has 8 bridgehead atoms. The predicted octanol–water partition coefficient (Wildman–Crippen LogP) is 3.92. The number of carbonyl (C=O) groups excluding carboxylic acids is 8. The topological polar surface area (TPSA) is 558 Å². The monoisotopic (exact) mass is 2020 g/mol. The number of primary amides is 4. The van der Waals surface area contributed by atoms with Crippen molar-refractivity contribution >= 4 is 47.3 Å². The van der Waals surface area contributed by atoms with E-state index in [0.29, 0.717) is 146 Å². The number of aryl methyl sites for hydroxylation is 4. The average molecular weight is 2020 g/mol. The van der Waals surface area contributed by atoms with Gasteiger partial charge < -0.3 is 102 Å². The van der Waals surface area contributed by atoms with Crippen molar-refractivity contribution in [2.45, 2.75) is 172 Å². The van der Waals surface area contributed by atoms with Gasteiger partial charge in [-0.2, -0.15) is 20.4 Å². The Kier molecular flexibility index (Phi) is 23.8. The van der Waals surface area contributed by atoms with Crippen LogP contribution in [-0.2, 0) is 47.4 Å². The molecule has 4 saturated heterocycles. The molecule has 16 N–H and O–H groups in total. The number of nitrogens with zero attached hydrogens (tertiary/aromatic N) is 20. The summed E-state index contributed by atoms with van der Waals surface area (Å²) >= 11 is 0. The van der Waals surface area contributed by atoms with E-state index in [1.807, 2.05) is 18.3 Å². The quantitative estimate of drug-likeness (QED) is 0.0609. The van der Waals surface area contributed by atoms with Gasteiger partial charge in [-0.25, -0.2) is 37.5 Å². The van der Waals surface area contributed by atoms with Crippen LogP contribution in [0.25, 0.3) is 45.6 Å². The van der Waals surface area contributed by atoms with Crippen LogP contribution in [0.15, 0.2) is 97.6 Å². The number of amides is 8. The van der Waals surface area contributed by atoms with Gasteiger partial charge in [0, 0.05) is 179 Å². The zero-order chi connectivity index (χ0) is 105. The molecule has 4 saturated carbocycles. The maximum Gasteiger partial charge on any atom is 0.269 e. The number of likely N-dealkylation sites (tertiary alicyclic amines) is 4. The fourth-order valence-corrected chi connectivity index (χ4v) is 22.6. The second-order valence-corrected chi connectivity index (χ2v) is 40.1. The van der Waals surface area contributed by atoms with Gasteiger partial charge in [0.05, 0.1) is 67.8 Å². The molecule has 0 unspecified atom stereocenters. The highest BCUT2D eigenvalue weighted by Crippen LogP contribution is 2.59. The molecule has 8 atom stereocenters. The number of likely N-dealkylation sites (N-methyl/N-ethyl adjacent to an activating group) is 4. The highest BCUT2D eigenvalue weighted by Gasteiger charge is 2.52. The molecule has 16 aliphatic rings. The number of benzene rings is 4. The second kappa shape index (κ2) is 36.0. The van der Waals surface area contributed by atoms with Crippen LogP contribution in [0, 0.1) is 70.6 Å². The molecular formula is C104H100F4N24O16. The summed E-state index contributed by atoms with van der Waals surface area (Å²) in [5.41, 5.74) is 23.2. The normalized spacial score (nSPS) is 24.5. The number of nitrogens with two attached hydrogens (primary N) is 4. The molecule has 760 valence electrons. The number of imidazole rings is 4. The van der Waals surface area contributed by atoms with Crippen molar-refractivity contribution < 1.29 is 96.8 Å². The first kappa shape index (κ1) is 98.0. The van der Waals surface area contributed by atoms with E-state index in [2.05, 4.69) is 87.7 Å². The summed E-state index contributed by atoms with van der Waals surface area (Å²) in [5, 5.41) is 104. The molecule has 12 aliphatic heterocycles. The highest BCUT2D eigenvalue weighted by atomic mass is 19.1. The Morgan fingerprint density at radius 3 is 0.676 bits per heavy atom. The molecule has 0 radical (unpaired) electrons. The van der Waals surface area contributed by atoms with E-state index in [0.717, 1.165) is 22.3 Å². The van der Waals surface area contributed by atoms with Crippen molar-refractivity contribution in [3.8, 4) is 92.9 Å². The van der Waals surface area contributed by atoms with Crippen LogP contribution in [0.5, 0.6) is 0 Å². The Morgan fingerprint density at radius 1 is 0.331 bits per heavy atom. The van der Waals surface area contributed by atoms with Gasteiger partial charge in [-0.1, -0.05) is 47.4 Å². The van der Waals surface area contributed by atoms with Gasteiger partial charge in [0.15, 0.2) is 22.8 Å². The van der Waals surface area contributed by atoms with E-state index >= 15 is 17.6 Å². The molecule has 20 heterocycles. The third kappa shape index (κ3) is 16.0. The lowest BCUT2D eigenvalue weighted by molar-refractivity contribution is -0.138. The largest absolute Gasteiger partial charge is 0.380 e. The van der Waals surface area contributed by atoms with Gasteiger partial charge in [-0.05, 0) is 170 Å². The number of hydrogen-bond donors (Lipinski definition) is 12. The molecule has 8 fully saturated rings. The van der Waals surface area contributed by atoms with Crippen molar-refractivity contribution in [1.82, 2.24) is 96.9 Å². The van der Waals surface area contributed by atoms with E-state index in [1.165, 1.54) is 86.9 Å². The Hall–Kier alpha value is -16.0. The number of halogens is 4. The summed E-state index contributed by atoms with van der Waals surface area (Å²) in [6.07, 6.45) is 7.35. The fraction of sp³-hybridized carbons (Fsp3) is 0.385. The summed E-state index contributed by atoms with van der Waals surface area (Å²) < 4.78 is 74.1. The van der Waals surface area contributed by atoms with E-state index in [4.69, 9.17) is 22.9 Å². The Bertz CT molecular complexity index is 7090. The molecule has 148 heavy (non-hydrogen) atoms. The second-order valence-electron chi connectivity index (χ2n) is 40.1. The van der Waals surface area contributed by atoms with Gasteiger partial charge in [0.1, 0.15) is 71.0 Å². The summed E-state index contributed by atoms with van der Waals surface area (Å²) in [4.78, 5) is 123. The van der Waals surface area contributed by atoms with E-state index in [1.54, 1.807) is 105 Å². The number of carbonyl (C=O) groups is 8. The Labute approximate surface area is 840 Å². The number of aliphatic hydroxyl groups is 8. The van der Waals surface area contributed by atoms with Crippen molar-refractivity contribution in [2.75, 3.05) is 54.4 Å². The van der Waals surface area contributed by atoms with Crippen LogP contribution in [0.3, 0.4) is 0 Å². The molecule has 4 aliphatic carbocycles. The number of rotatable bonds is 12. The number of aliphatic hydroxyl groups excluding tert-OH is 4. The van der Waals surface area contributed by atoms with Crippen molar-refractivity contribution in [3.05, 3.63) is 234 Å². The Balaban J connectivity index is 0.000000116. The van der Waals surface area contributed by atoms with Crippen LogP contribution in [0.4, 0.5) is 17.6 Å². The third-order valence-electron chi connectivity index (χ3n) is 31.2. The summed E-state index contributed by atoms with van der Waals surface area (Å²) in [6, 6.07) is 18.2. The number of aromatic nitrogens is 16. The molecule has 28 rings (SSSR count). The first-order chi connectivity index (χ1) is 70.3. The van der Waals surface area contributed by atoms with Crippen molar-refractivity contribution in [2.24, 2.45) is 51.1 Å². The van der Waals surface area contributed by atoms with Crippen LogP contribution < -0.4 is 22.9 Å². The molecule has 4 aromatic carbocycles. The van der Waals surface area contributed by atoms with Crippen LogP contribution in [-0.4, -0.2) is 262 Å². The van der Waals surface area contributed by atoms with E-state index < -0.39 is 117 Å². The Morgan fingerprint density at radius 2 is 0.520 bits per heavy atom. The zero-order valence-corrected chi connectivity index (χ0v) is 81.1. The van der Waals surface area contributed by atoms with Crippen LogP contribution in [0.2, 0.25) is 0 Å². The smallest absolute Gasteiger partial charge is 0.269 e. The lowest BCUT2D eigenvalue weighted by Crippen LogP contribution is -2.37. The SMILES string of the molecule is CN1CC[C@@](O)(C#Cc2cc3c(cc2F)C2CC(C2)n2c-3nc(C(N)=O)c2[C@@H](O)c2ccnn2C)C1=O.CN1CC[C@@](O)(C#Cc2cc3c(cc2F)C2CC(C2)n2c-3nc(C(N)=O)c2[C@H](O)c2ccnn2C)C1=O.CN1CC[C@](O)(C#Cc2cc3c(cc2F)C2CC(C2)n2c-3nc(C(N)=O)c2[C@@H](O)c2ccnn2C)C1=O.CN1CC[C@](O)(C#Cc2cc3c(cc2F)C2CC(C2)n2c-3nc(C(N)=O)c2[C@H](O)c2ccnn2C)C1=O. The maximum atomic E-state index is 15.2.